The van der Waals surface area contributed by atoms with E-state index in [1.54, 1.807) is 0 Å². The summed E-state index contributed by atoms with van der Waals surface area (Å²) in [6.07, 6.45) is 9.79. The van der Waals surface area contributed by atoms with Gasteiger partial charge in [-0.1, -0.05) is 146 Å². The third kappa shape index (κ3) is 7.78. The van der Waals surface area contributed by atoms with Crippen molar-refractivity contribution in [3.8, 4) is 22.3 Å². The first-order valence-electron chi connectivity index (χ1n) is 19.6. The molecule has 1 aliphatic carbocycles. The van der Waals surface area contributed by atoms with Crippen LogP contribution < -0.4 is 14.7 Å². The molecule has 0 amide bonds. The fraction of sp³-hybridized carbons (Fsp3) is 0.0370. The van der Waals surface area contributed by atoms with E-state index in [0.29, 0.717) is 0 Å². The van der Waals surface area contributed by atoms with E-state index in [2.05, 4.69) is 257 Å². The Hall–Kier alpha value is -7.36. The summed E-state index contributed by atoms with van der Waals surface area (Å²) in [6.45, 7) is 0. The summed E-state index contributed by atoms with van der Waals surface area (Å²) >= 11 is 0. The predicted octanol–water partition coefficient (Wildman–Crippen LogP) is 15.0. The van der Waals surface area contributed by atoms with Gasteiger partial charge in [-0.3, -0.25) is 0 Å². The largest absolute Gasteiger partial charge is 0.334 e. The maximum absolute atomic E-state index is 2.43. The average Bonchev–Trinajstić information content (AvgIpc) is 3.30. The smallest absolute Gasteiger partial charge is 0.0559 e. The van der Waals surface area contributed by atoms with E-state index in [1.807, 2.05) is 0 Å². The Morgan fingerprint density at radius 3 is 0.877 bits per heavy atom. The van der Waals surface area contributed by atoms with Crippen LogP contribution in [0.15, 0.2) is 243 Å². The molecule has 1 unspecified atom stereocenters. The van der Waals surface area contributed by atoms with E-state index >= 15 is 0 Å². The van der Waals surface area contributed by atoms with Crippen LogP contribution in [0.3, 0.4) is 0 Å². The van der Waals surface area contributed by atoms with Crippen LogP contribution in [0.1, 0.15) is 6.42 Å². The van der Waals surface area contributed by atoms with Gasteiger partial charge in [0.05, 0.1) is 6.04 Å². The molecule has 0 radical (unpaired) electrons. The van der Waals surface area contributed by atoms with Gasteiger partial charge < -0.3 is 14.7 Å². The van der Waals surface area contributed by atoms with E-state index in [0.717, 1.165) is 40.5 Å². The van der Waals surface area contributed by atoms with Crippen molar-refractivity contribution in [1.29, 1.82) is 0 Å². The average molecular weight is 734 g/mol. The number of rotatable bonds is 11. The number of hydrogen-bond acceptors (Lipinski definition) is 3. The van der Waals surface area contributed by atoms with E-state index in [-0.39, 0.29) is 6.04 Å². The number of anilines is 8. The third-order valence-electron chi connectivity index (χ3n) is 10.6. The van der Waals surface area contributed by atoms with Crippen molar-refractivity contribution in [2.24, 2.45) is 0 Å². The highest BCUT2D eigenvalue weighted by Crippen LogP contribution is 2.39. The minimum Gasteiger partial charge on any atom is -0.334 e. The number of nitrogens with zero attached hydrogens (tertiary/aromatic N) is 3. The number of para-hydroxylation sites is 4. The van der Waals surface area contributed by atoms with Crippen molar-refractivity contribution in [2.45, 2.75) is 12.5 Å². The molecule has 0 bridgehead atoms. The van der Waals surface area contributed by atoms with Crippen LogP contribution in [0.5, 0.6) is 0 Å². The van der Waals surface area contributed by atoms with Crippen LogP contribution in [0.4, 0.5) is 45.5 Å². The van der Waals surface area contributed by atoms with Crippen molar-refractivity contribution in [3.05, 3.63) is 243 Å². The van der Waals surface area contributed by atoms with Crippen LogP contribution in [0.2, 0.25) is 0 Å². The summed E-state index contributed by atoms with van der Waals surface area (Å²) in [5.41, 5.74) is 13.8. The minimum atomic E-state index is 0.275. The van der Waals surface area contributed by atoms with Crippen molar-refractivity contribution in [3.63, 3.8) is 0 Å². The number of benzene rings is 8. The van der Waals surface area contributed by atoms with Gasteiger partial charge in [0.2, 0.25) is 0 Å². The molecule has 3 heteroatoms. The highest BCUT2D eigenvalue weighted by atomic mass is 15.2. The molecule has 0 aromatic heterocycles. The van der Waals surface area contributed by atoms with Gasteiger partial charge in [-0.25, -0.2) is 0 Å². The Morgan fingerprint density at radius 2 is 0.561 bits per heavy atom. The van der Waals surface area contributed by atoms with Crippen molar-refractivity contribution in [2.75, 3.05) is 14.7 Å². The van der Waals surface area contributed by atoms with Gasteiger partial charge in [0.15, 0.2) is 0 Å². The maximum Gasteiger partial charge on any atom is 0.0559 e. The van der Waals surface area contributed by atoms with Crippen LogP contribution >= 0.6 is 0 Å². The Labute approximate surface area is 336 Å². The highest BCUT2D eigenvalue weighted by Gasteiger charge is 2.19. The molecule has 0 saturated carbocycles. The van der Waals surface area contributed by atoms with Crippen LogP contribution in [-0.2, 0) is 0 Å². The van der Waals surface area contributed by atoms with E-state index < -0.39 is 0 Å². The van der Waals surface area contributed by atoms with Gasteiger partial charge in [0.1, 0.15) is 0 Å². The van der Waals surface area contributed by atoms with E-state index in [4.69, 9.17) is 0 Å². The molecular weight excluding hydrogens is 691 g/mol. The topological polar surface area (TPSA) is 9.72 Å². The number of allylic oxidation sites excluding steroid dienone is 2. The molecule has 0 aliphatic heterocycles. The lowest BCUT2D eigenvalue weighted by Gasteiger charge is -2.32. The first-order valence-corrected chi connectivity index (χ1v) is 19.6. The summed E-state index contributed by atoms with van der Waals surface area (Å²) in [6, 6.07) is 78.2. The third-order valence-corrected chi connectivity index (χ3v) is 10.6. The monoisotopic (exact) mass is 733 g/mol. The fourth-order valence-electron chi connectivity index (χ4n) is 7.73. The first-order chi connectivity index (χ1) is 28.3. The Morgan fingerprint density at radius 1 is 0.281 bits per heavy atom. The lowest BCUT2D eigenvalue weighted by molar-refractivity contribution is 0.785. The Bertz CT molecular complexity index is 2510. The molecule has 0 fully saturated rings. The molecule has 8 aromatic carbocycles. The van der Waals surface area contributed by atoms with E-state index in [1.165, 1.54) is 33.6 Å². The van der Waals surface area contributed by atoms with Crippen LogP contribution in [0.25, 0.3) is 22.3 Å². The van der Waals surface area contributed by atoms with Gasteiger partial charge in [0, 0.05) is 45.5 Å². The summed E-state index contributed by atoms with van der Waals surface area (Å²) in [5, 5.41) is 0. The molecule has 8 aromatic rings. The van der Waals surface area contributed by atoms with Crippen molar-refractivity contribution < 1.29 is 0 Å². The van der Waals surface area contributed by atoms with Gasteiger partial charge >= 0.3 is 0 Å². The normalized spacial score (nSPS) is 13.2. The second-order valence-electron chi connectivity index (χ2n) is 14.2. The van der Waals surface area contributed by atoms with Gasteiger partial charge in [-0.05, 0) is 126 Å². The van der Waals surface area contributed by atoms with Gasteiger partial charge in [-0.15, -0.1) is 0 Å². The summed E-state index contributed by atoms with van der Waals surface area (Å²) in [7, 11) is 0. The SMILES string of the molecule is C1=CCC(N(c2ccccc2)c2ccc(-c3ccc(N(c4ccccc4)c4ccc(-c5ccc(N(c6ccccc6)c6ccccc6)cc5)cc4)cc3)cc2)C=C1. The molecule has 1 atom stereocenters. The maximum atomic E-state index is 2.43. The minimum absolute atomic E-state index is 0.275. The zero-order valence-corrected chi connectivity index (χ0v) is 31.7. The molecule has 57 heavy (non-hydrogen) atoms. The second-order valence-corrected chi connectivity index (χ2v) is 14.2. The molecular formula is C54H43N3. The molecule has 9 rings (SSSR count). The Kier molecular flexibility index (Phi) is 10.3. The fourth-order valence-corrected chi connectivity index (χ4v) is 7.73. The van der Waals surface area contributed by atoms with Crippen LogP contribution in [-0.4, -0.2) is 6.04 Å². The van der Waals surface area contributed by atoms with Crippen molar-refractivity contribution >= 4 is 45.5 Å². The summed E-state index contributed by atoms with van der Waals surface area (Å²) in [4.78, 5) is 7.04. The van der Waals surface area contributed by atoms with Crippen LogP contribution in [0, 0.1) is 0 Å². The standard InChI is InChI=1S/C54H43N3/c1-6-16-46(17-7-1)55(47-18-8-2-9-19-47)51-34-26-42(27-35-51)44-30-38-53(39-31-44)57(50-24-14-5-15-25-50)54-40-32-45(33-41-54)43-28-36-52(37-29-43)56(48-20-10-3-11-21-48)49-22-12-4-13-23-49/h1-22,24-41,49H,23H2. The predicted molar refractivity (Wildman–Crippen MR) is 242 cm³/mol. The molecule has 1 aliphatic rings. The van der Waals surface area contributed by atoms with Crippen molar-refractivity contribution in [1.82, 2.24) is 0 Å². The van der Waals surface area contributed by atoms with Gasteiger partial charge in [-0.2, -0.15) is 0 Å². The van der Waals surface area contributed by atoms with E-state index in [9.17, 15) is 0 Å². The molecule has 0 heterocycles. The Balaban J connectivity index is 0.964. The molecule has 274 valence electrons. The molecule has 0 saturated heterocycles. The zero-order chi connectivity index (χ0) is 38.2. The lowest BCUT2D eigenvalue weighted by atomic mass is 10.0. The quantitative estimate of drug-likeness (QED) is 0.131. The van der Waals surface area contributed by atoms with Gasteiger partial charge in [0.25, 0.3) is 0 Å². The summed E-state index contributed by atoms with van der Waals surface area (Å²) < 4.78 is 0. The molecule has 0 spiro atoms. The summed E-state index contributed by atoms with van der Waals surface area (Å²) in [5.74, 6) is 0. The second kappa shape index (κ2) is 16.6. The zero-order valence-electron chi connectivity index (χ0n) is 31.7. The number of hydrogen-bond donors (Lipinski definition) is 0. The first kappa shape index (κ1) is 35.3. The molecule has 3 nitrogen and oxygen atoms in total. The lowest BCUT2D eigenvalue weighted by Crippen LogP contribution is -2.29. The highest BCUT2D eigenvalue weighted by molar-refractivity contribution is 5.82. The molecule has 0 N–H and O–H groups in total.